The largest absolute Gasteiger partial charge is 0.573 e. The molecule has 4 rings (SSSR count). The summed E-state index contributed by atoms with van der Waals surface area (Å²) in [6.45, 7) is 1.55. The van der Waals surface area contributed by atoms with Crippen molar-refractivity contribution in [3.8, 4) is 11.4 Å². The maximum atomic E-state index is 12.5. The maximum absolute atomic E-state index is 12.5. The summed E-state index contributed by atoms with van der Waals surface area (Å²) in [7, 11) is 4.02. The van der Waals surface area contributed by atoms with Crippen LogP contribution in [0.2, 0.25) is 0 Å². The average Bonchev–Trinajstić information content (AvgIpc) is 3.04. The summed E-state index contributed by atoms with van der Waals surface area (Å²) in [5, 5.41) is 16.6. The third-order valence-electron chi connectivity index (χ3n) is 5.27. The first-order valence-corrected chi connectivity index (χ1v) is 9.73. The number of likely N-dealkylation sites (N-methyl/N-ethyl adjacent to an activating group) is 1. The number of nitrogens with one attached hydrogen (secondary N) is 1. The fourth-order valence-corrected chi connectivity index (χ4v) is 3.59. The Balaban J connectivity index is 1.73. The van der Waals surface area contributed by atoms with Gasteiger partial charge < -0.3 is 25.0 Å². The topological polar surface area (TPSA) is 95.8 Å². The Morgan fingerprint density at radius 1 is 1.25 bits per heavy atom. The van der Waals surface area contributed by atoms with Crippen molar-refractivity contribution in [3.05, 3.63) is 42.2 Å². The third-order valence-corrected chi connectivity index (χ3v) is 5.27. The summed E-state index contributed by atoms with van der Waals surface area (Å²) < 4.78 is 42.8. The molecule has 0 atom stereocenters. The highest BCUT2D eigenvalue weighted by atomic mass is 19.4. The number of benzene rings is 1. The molecule has 2 aromatic heterocycles. The lowest BCUT2D eigenvalue weighted by Crippen LogP contribution is -2.57. The summed E-state index contributed by atoms with van der Waals surface area (Å²) in [5.74, 6) is -0.352. The van der Waals surface area contributed by atoms with E-state index in [9.17, 15) is 18.0 Å². The lowest BCUT2D eigenvalue weighted by atomic mass is 10.1. The van der Waals surface area contributed by atoms with Crippen LogP contribution in [-0.2, 0) is 6.54 Å². The molecule has 12 heteroatoms. The molecule has 1 aliphatic rings. The van der Waals surface area contributed by atoms with E-state index >= 15 is 0 Å². The lowest BCUT2D eigenvalue weighted by Gasteiger charge is -2.44. The maximum Gasteiger partial charge on any atom is 0.573 e. The van der Waals surface area contributed by atoms with Crippen LogP contribution in [0.1, 0.15) is 5.69 Å². The Morgan fingerprint density at radius 3 is 2.53 bits per heavy atom. The van der Waals surface area contributed by atoms with Crippen LogP contribution in [0.4, 0.5) is 23.7 Å². The molecular weight excluding hydrogens is 429 g/mol. The van der Waals surface area contributed by atoms with Crippen molar-refractivity contribution in [2.45, 2.75) is 18.9 Å². The van der Waals surface area contributed by atoms with Gasteiger partial charge in [-0.25, -0.2) is 14.5 Å². The van der Waals surface area contributed by atoms with Gasteiger partial charge in [0, 0.05) is 25.3 Å². The smallest absolute Gasteiger partial charge is 0.465 e. The van der Waals surface area contributed by atoms with E-state index in [1.165, 1.54) is 28.9 Å². The molecule has 1 saturated heterocycles. The zero-order valence-electron chi connectivity index (χ0n) is 17.3. The van der Waals surface area contributed by atoms with Gasteiger partial charge in [-0.1, -0.05) is 0 Å². The molecule has 170 valence electrons. The summed E-state index contributed by atoms with van der Waals surface area (Å²) in [6.07, 6.45) is -4.34. The number of rotatable bonds is 6. The van der Waals surface area contributed by atoms with E-state index in [0.717, 1.165) is 18.8 Å². The Morgan fingerprint density at radius 2 is 1.94 bits per heavy atom. The highest BCUT2D eigenvalue weighted by Gasteiger charge is 2.32. The molecule has 3 aromatic rings. The van der Waals surface area contributed by atoms with Crippen LogP contribution in [0.15, 0.2) is 36.5 Å². The number of nitrogens with zero attached hydrogens (tertiary/aromatic N) is 5. The van der Waals surface area contributed by atoms with Crippen molar-refractivity contribution in [3.63, 3.8) is 0 Å². The normalized spacial score (nSPS) is 14.6. The standard InChI is InChI=1S/C20H21F3N6O3/c1-27(2)13-10-28(11-13)16-7-8-24-18-17(16)15(9-25-19(30)31)26-29(18)12-3-5-14(6-4-12)32-20(21,22)23/h3-8,13,25H,9-11H2,1-2H3,(H,30,31). The Bertz CT molecular complexity index is 1120. The van der Waals surface area contributed by atoms with E-state index in [-0.39, 0.29) is 12.3 Å². The van der Waals surface area contributed by atoms with E-state index < -0.39 is 12.5 Å². The van der Waals surface area contributed by atoms with Gasteiger partial charge in [-0.3, -0.25) is 0 Å². The molecule has 0 aliphatic carbocycles. The molecule has 1 aliphatic heterocycles. The molecule has 1 fully saturated rings. The molecule has 0 spiro atoms. The van der Waals surface area contributed by atoms with Gasteiger partial charge in [-0.2, -0.15) is 5.10 Å². The SMILES string of the molecule is CN(C)C1CN(c2ccnc3c2c(CNC(=O)O)nn3-c2ccc(OC(F)(F)F)cc2)C1. The van der Waals surface area contributed by atoms with Gasteiger partial charge >= 0.3 is 12.5 Å². The fourth-order valence-electron chi connectivity index (χ4n) is 3.59. The second kappa shape index (κ2) is 8.19. The van der Waals surface area contributed by atoms with Gasteiger partial charge in [0.1, 0.15) is 5.75 Å². The molecular formula is C20H21F3N6O3. The number of ether oxygens (including phenoxy) is 1. The fraction of sp³-hybridized carbons (Fsp3) is 0.350. The van der Waals surface area contributed by atoms with Crippen LogP contribution in [0.25, 0.3) is 16.7 Å². The first-order chi connectivity index (χ1) is 15.1. The van der Waals surface area contributed by atoms with Gasteiger partial charge in [0.05, 0.1) is 29.0 Å². The zero-order valence-corrected chi connectivity index (χ0v) is 17.3. The predicted molar refractivity (Wildman–Crippen MR) is 110 cm³/mol. The second-order valence-electron chi connectivity index (χ2n) is 7.61. The van der Waals surface area contributed by atoms with Crippen molar-refractivity contribution in [1.29, 1.82) is 0 Å². The number of hydrogen-bond donors (Lipinski definition) is 2. The minimum atomic E-state index is -4.78. The van der Waals surface area contributed by atoms with E-state index in [4.69, 9.17) is 5.11 Å². The summed E-state index contributed by atoms with van der Waals surface area (Å²) in [4.78, 5) is 19.8. The molecule has 1 aromatic carbocycles. The Labute approximate surface area is 181 Å². The number of halogens is 3. The average molecular weight is 450 g/mol. The molecule has 0 bridgehead atoms. The van der Waals surface area contributed by atoms with Gasteiger partial charge in [0.15, 0.2) is 5.65 Å². The van der Waals surface area contributed by atoms with Gasteiger partial charge in [0.2, 0.25) is 0 Å². The lowest BCUT2D eigenvalue weighted by molar-refractivity contribution is -0.274. The molecule has 3 heterocycles. The number of carbonyl (C=O) groups is 1. The van der Waals surface area contributed by atoms with E-state index in [2.05, 4.69) is 29.9 Å². The third kappa shape index (κ3) is 4.40. The molecule has 32 heavy (non-hydrogen) atoms. The number of pyridine rings is 1. The number of hydrogen-bond acceptors (Lipinski definition) is 6. The number of alkyl halides is 3. The first-order valence-electron chi connectivity index (χ1n) is 9.73. The number of amides is 1. The molecule has 9 nitrogen and oxygen atoms in total. The van der Waals surface area contributed by atoms with Crippen LogP contribution in [0.3, 0.4) is 0 Å². The highest BCUT2D eigenvalue weighted by Crippen LogP contribution is 2.34. The van der Waals surface area contributed by atoms with Crippen molar-refractivity contribution >= 4 is 22.8 Å². The van der Waals surface area contributed by atoms with E-state index in [1.54, 1.807) is 6.20 Å². The number of carboxylic acid groups (broad SMARTS) is 1. The number of anilines is 1. The van der Waals surface area contributed by atoms with E-state index in [0.29, 0.717) is 28.5 Å². The zero-order chi connectivity index (χ0) is 23.0. The number of fused-ring (bicyclic) bond motifs is 1. The highest BCUT2D eigenvalue weighted by molar-refractivity contribution is 5.93. The van der Waals surface area contributed by atoms with Gasteiger partial charge in [-0.05, 0) is 44.4 Å². The molecule has 0 saturated carbocycles. The minimum absolute atomic E-state index is 0.0439. The summed E-state index contributed by atoms with van der Waals surface area (Å²) >= 11 is 0. The molecule has 0 unspecified atom stereocenters. The molecule has 2 N–H and O–H groups in total. The summed E-state index contributed by atoms with van der Waals surface area (Å²) in [5.41, 5.74) is 2.28. The van der Waals surface area contributed by atoms with Crippen molar-refractivity contribution < 1.29 is 27.8 Å². The second-order valence-corrected chi connectivity index (χ2v) is 7.61. The Kier molecular flexibility index (Phi) is 5.55. The molecule has 0 radical (unpaired) electrons. The van der Waals surface area contributed by atoms with Crippen LogP contribution in [0.5, 0.6) is 5.75 Å². The molecule has 1 amide bonds. The predicted octanol–water partition coefficient (Wildman–Crippen LogP) is 2.84. The minimum Gasteiger partial charge on any atom is -0.465 e. The quantitative estimate of drug-likeness (QED) is 0.596. The Hall–Kier alpha value is -3.54. The van der Waals surface area contributed by atoms with Crippen LogP contribution >= 0.6 is 0 Å². The summed E-state index contributed by atoms with van der Waals surface area (Å²) in [6, 6.07) is 7.49. The van der Waals surface area contributed by atoms with Crippen molar-refractivity contribution in [2.75, 3.05) is 32.1 Å². The first kappa shape index (κ1) is 21.7. The van der Waals surface area contributed by atoms with Crippen molar-refractivity contribution in [2.24, 2.45) is 0 Å². The van der Waals surface area contributed by atoms with Crippen LogP contribution in [0, 0.1) is 0 Å². The van der Waals surface area contributed by atoms with E-state index in [1.807, 2.05) is 20.2 Å². The number of aromatic nitrogens is 3. The van der Waals surface area contributed by atoms with Gasteiger partial charge in [0.25, 0.3) is 0 Å². The van der Waals surface area contributed by atoms with Gasteiger partial charge in [-0.15, -0.1) is 13.2 Å². The monoisotopic (exact) mass is 450 g/mol. The van der Waals surface area contributed by atoms with Crippen molar-refractivity contribution in [1.82, 2.24) is 25.0 Å². The van der Waals surface area contributed by atoms with Crippen LogP contribution < -0.4 is 15.0 Å². The van der Waals surface area contributed by atoms with Crippen LogP contribution in [-0.4, -0.2) is 70.5 Å².